The number of hydrogen-bond donors (Lipinski definition) is 3. The van der Waals surface area contributed by atoms with Gasteiger partial charge in [0.1, 0.15) is 18.4 Å². The second-order valence-electron chi connectivity index (χ2n) is 10.5. The smallest absolute Gasteiger partial charge is 0.325 e. The number of Topliss-reactive ketones (excluding diaryl/α,β-unsaturated/α-hetero) is 1. The summed E-state index contributed by atoms with van der Waals surface area (Å²) in [5, 5.41) is 20.7. The van der Waals surface area contributed by atoms with Gasteiger partial charge in [0.15, 0.2) is 0 Å². The van der Waals surface area contributed by atoms with Gasteiger partial charge in [-0.3, -0.25) is 19.2 Å². The Morgan fingerprint density at radius 2 is 1.74 bits per heavy atom. The Bertz CT molecular complexity index is 1600. The van der Waals surface area contributed by atoms with Crippen molar-refractivity contribution in [1.82, 2.24) is 10.6 Å². The molecule has 12 nitrogen and oxygen atoms in total. The fourth-order valence-electron chi connectivity index (χ4n) is 4.68. The Morgan fingerprint density at radius 1 is 1.05 bits per heavy atom. The SMILES string of the molecule is CC(C)[C@H](NC(=O)c1ccc2ccccc2c1)C1=NOC(COc2ccccc2)(C(=O)N[C@@H](CC(=O)O)C(=O)C=[N+]=[N-])C1. The molecule has 12 heteroatoms. The van der Waals surface area contributed by atoms with Crippen LogP contribution in [0.5, 0.6) is 5.75 Å². The lowest BCUT2D eigenvalue weighted by Gasteiger charge is -2.28. The number of hydrogen-bond acceptors (Lipinski definition) is 7. The van der Waals surface area contributed by atoms with E-state index in [-0.39, 0.29) is 24.9 Å². The highest BCUT2D eigenvalue weighted by molar-refractivity contribution is 6.28. The molecular formula is C31H31N5O7. The van der Waals surface area contributed by atoms with E-state index < -0.39 is 41.8 Å². The second kappa shape index (κ2) is 13.5. The van der Waals surface area contributed by atoms with Crippen molar-refractivity contribution in [3.8, 4) is 5.75 Å². The molecule has 2 amide bonds. The molecular weight excluding hydrogens is 554 g/mol. The molecule has 0 saturated heterocycles. The number of carboxylic acid groups (broad SMARTS) is 1. The normalized spacial score (nSPS) is 17.1. The van der Waals surface area contributed by atoms with E-state index in [9.17, 15) is 24.3 Å². The van der Waals surface area contributed by atoms with E-state index in [1.165, 1.54) is 0 Å². The van der Waals surface area contributed by atoms with Crippen molar-refractivity contribution in [2.75, 3.05) is 6.61 Å². The number of carbonyl (C=O) groups is 4. The Kier molecular flexibility index (Phi) is 9.64. The number of para-hydroxylation sites is 1. The second-order valence-corrected chi connectivity index (χ2v) is 10.5. The summed E-state index contributed by atoms with van der Waals surface area (Å²) in [5.74, 6) is -3.23. The minimum absolute atomic E-state index is 0.130. The highest BCUT2D eigenvalue weighted by atomic mass is 16.7. The van der Waals surface area contributed by atoms with Crippen molar-refractivity contribution in [3.63, 3.8) is 0 Å². The van der Waals surface area contributed by atoms with Crippen LogP contribution in [0.1, 0.15) is 37.0 Å². The molecule has 1 aliphatic rings. The maximum Gasteiger partial charge on any atom is 0.325 e. The van der Waals surface area contributed by atoms with Crippen molar-refractivity contribution >= 4 is 46.3 Å². The molecule has 0 bridgehead atoms. The van der Waals surface area contributed by atoms with Crippen LogP contribution >= 0.6 is 0 Å². The first-order valence-electron chi connectivity index (χ1n) is 13.6. The number of fused-ring (bicyclic) bond motifs is 1. The lowest BCUT2D eigenvalue weighted by Crippen LogP contribution is -2.56. The molecule has 43 heavy (non-hydrogen) atoms. The third-order valence-corrected chi connectivity index (χ3v) is 6.97. The molecule has 3 atom stereocenters. The van der Waals surface area contributed by atoms with Gasteiger partial charge in [0.05, 0.1) is 18.2 Å². The highest BCUT2D eigenvalue weighted by Gasteiger charge is 2.50. The van der Waals surface area contributed by atoms with E-state index in [4.69, 9.17) is 15.1 Å². The number of carbonyl (C=O) groups excluding carboxylic acids is 3. The minimum atomic E-state index is -1.81. The van der Waals surface area contributed by atoms with Gasteiger partial charge < -0.3 is 30.8 Å². The average Bonchev–Trinajstić information content (AvgIpc) is 3.43. The maximum absolute atomic E-state index is 13.7. The maximum atomic E-state index is 13.7. The molecule has 0 aromatic heterocycles. The topological polar surface area (TPSA) is 180 Å². The number of aliphatic carboxylic acids is 1. The summed E-state index contributed by atoms with van der Waals surface area (Å²) >= 11 is 0. The van der Waals surface area contributed by atoms with E-state index in [1.807, 2.05) is 44.2 Å². The molecule has 4 rings (SSSR count). The number of carboxylic acids is 1. The third kappa shape index (κ3) is 7.49. The van der Waals surface area contributed by atoms with Crippen molar-refractivity contribution in [2.45, 2.75) is 44.4 Å². The lowest BCUT2D eigenvalue weighted by atomic mass is 9.89. The fourth-order valence-corrected chi connectivity index (χ4v) is 4.68. The van der Waals surface area contributed by atoms with Crippen LogP contribution in [0.15, 0.2) is 78.0 Å². The van der Waals surface area contributed by atoms with E-state index >= 15 is 0 Å². The molecule has 3 aromatic rings. The average molecular weight is 586 g/mol. The summed E-state index contributed by atoms with van der Waals surface area (Å²) in [6, 6.07) is 19.5. The third-order valence-electron chi connectivity index (χ3n) is 6.97. The van der Waals surface area contributed by atoms with E-state index in [2.05, 4.69) is 20.6 Å². The van der Waals surface area contributed by atoms with Crippen LogP contribution in [0.3, 0.4) is 0 Å². The predicted molar refractivity (Wildman–Crippen MR) is 157 cm³/mol. The first kappa shape index (κ1) is 30.6. The van der Waals surface area contributed by atoms with E-state index in [0.717, 1.165) is 10.8 Å². The molecule has 222 valence electrons. The van der Waals surface area contributed by atoms with Crippen molar-refractivity contribution in [1.29, 1.82) is 0 Å². The molecule has 0 fully saturated rings. The quantitative estimate of drug-likeness (QED) is 0.157. The Hall–Kier alpha value is -5.35. The van der Waals surface area contributed by atoms with Gasteiger partial charge in [-0.15, -0.1) is 0 Å². The lowest BCUT2D eigenvalue weighted by molar-refractivity contribution is -0.150. The molecule has 0 radical (unpaired) electrons. The molecule has 3 N–H and O–H groups in total. The van der Waals surface area contributed by atoms with Crippen molar-refractivity contribution in [3.05, 3.63) is 83.9 Å². The van der Waals surface area contributed by atoms with Crippen molar-refractivity contribution < 1.29 is 38.6 Å². The molecule has 1 aliphatic heterocycles. The summed E-state index contributed by atoms with van der Waals surface area (Å²) in [4.78, 5) is 59.1. The Labute approximate surface area is 247 Å². The highest BCUT2D eigenvalue weighted by Crippen LogP contribution is 2.29. The van der Waals surface area contributed by atoms with Crippen LogP contribution in [0.4, 0.5) is 0 Å². The first-order chi connectivity index (χ1) is 20.6. The summed E-state index contributed by atoms with van der Waals surface area (Å²) in [5.41, 5.74) is 7.77. The van der Waals surface area contributed by atoms with Gasteiger partial charge in [-0.2, -0.15) is 4.79 Å². The monoisotopic (exact) mass is 585 g/mol. The molecule has 0 spiro atoms. The molecule has 3 aromatic carbocycles. The number of benzene rings is 3. The number of oxime groups is 1. The van der Waals surface area contributed by atoms with Gasteiger partial charge in [0.2, 0.25) is 0 Å². The molecule has 1 unspecified atom stereocenters. The minimum Gasteiger partial charge on any atom is -0.489 e. The fraction of sp³-hybridized carbons (Fsp3) is 0.290. The van der Waals surface area contributed by atoms with Crippen LogP contribution < -0.4 is 15.4 Å². The summed E-state index contributed by atoms with van der Waals surface area (Å²) in [6.45, 7) is 3.41. The first-order valence-corrected chi connectivity index (χ1v) is 13.6. The van der Waals surface area contributed by atoms with E-state index in [1.54, 1.807) is 42.5 Å². The van der Waals surface area contributed by atoms with Gasteiger partial charge in [-0.1, -0.05) is 67.5 Å². The van der Waals surface area contributed by atoms with Gasteiger partial charge in [0, 0.05) is 12.0 Å². The Morgan fingerprint density at radius 3 is 2.42 bits per heavy atom. The van der Waals surface area contributed by atoms with Gasteiger partial charge in [-0.25, -0.2) is 0 Å². The van der Waals surface area contributed by atoms with E-state index in [0.29, 0.717) is 23.2 Å². The van der Waals surface area contributed by atoms with Crippen LogP contribution in [-0.4, -0.2) is 69.7 Å². The summed E-state index contributed by atoms with van der Waals surface area (Å²) in [6.07, 6.45) is -0.388. The van der Waals surface area contributed by atoms with Gasteiger partial charge >= 0.3 is 12.2 Å². The number of nitrogens with one attached hydrogen (secondary N) is 2. The van der Waals surface area contributed by atoms with Crippen LogP contribution in [-0.2, 0) is 19.2 Å². The van der Waals surface area contributed by atoms with Crippen LogP contribution in [0, 0.1) is 5.92 Å². The number of ketones is 1. The summed E-state index contributed by atoms with van der Waals surface area (Å²) < 4.78 is 5.85. The molecule has 1 heterocycles. The predicted octanol–water partition coefficient (Wildman–Crippen LogP) is 3.02. The summed E-state index contributed by atoms with van der Waals surface area (Å²) in [7, 11) is 0. The number of ether oxygens (including phenoxy) is 1. The van der Waals surface area contributed by atoms with Crippen molar-refractivity contribution in [2.24, 2.45) is 11.1 Å². The largest absolute Gasteiger partial charge is 0.489 e. The molecule has 0 saturated carbocycles. The Balaban J connectivity index is 1.58. The van der Waals surface area contributed by atoms with Gasteiger partial charge in [0.25, 0.3) is 23.2 Å². The molecule has 0 aliphatic carbocycles. The number of amides is 2. The number of rotatable bonds is 13. The number of nitrogens with zero attached hydrogens (tertiary/aromatic N) is 3. The standard InChI is InChI=1S/C31H31N5O7/c1-19(2)28(35-29(40)22-13-12-20-8-6-7-9-21(20)14-22)25-16-31(43-36-25,18-42-23-10-4-3-5-11-23)30(41)34-24(15-27(38)39)26(37)17-33-32/h3-14,17,19,24,28H,15-16,18H2,1-2H3,(H,34,41)(H,35,40)(H,38,39)/t24-,28-,31?/m0/s1. The zero-order valence-electron chi connectivity index (χ0n) is 23.6. The van der Waals surface area contributed by atoms with Crippen LogP contribution in [0.25, 0.3) is 16.3 Å². The zero-order valence-corrected chi connectivity index (χ0v) is 23.6. The van der Waals surface area contributed by atoms with Crippen LogP contribution in [0.2, 0.25) is 0 Å². The van der Waals surface area contributed by atoms with Gasteiger partial charge in [-0.05, 0) is 41.0 Å². The zero-order chi connectivity index (χ0) is 31.0.